The van der Waals surface area contributed by atoms with Gasteiger partial charge < -0.3 is 14.5 Å². The number of anilines is 1. The van der Waals surface area contributed by atoms with Gasteiger partial charge in [0.15, 0.2) is 24.0 Å². The van der Waals surface area contributed by atoms with Gasteiger partial charge in [0.05, 0.1) is 12.6 Å². The van der Waals surface area contributed by atoms with Gasteiger partial charge in [-0.25, -0.2) is 9.37 Å². The van der Waals surface area contributed by atoms with E-state index in [-0.39, 0.29) is 42.9 Å². The fraction of sp³-hybridized carbons (Fsp3) is 0.280. The topological polar surface area (TPSA) is 98.5 Å². The van der Waals surface area contributed by atoms with Gasteiger partial charge in [0, 0.05) is 29.7 Å². The van der Waals surface area contributed by atoms with Gasteiger partial charge in [-0.3, -0.25) is 14.4 Å². The Morgan fingerprint density at radius 2 is 1.76 bits per heavy atom. The van der Waals surface area contributed by atoms with Gasteiger partial charge in [0.25, 0.3) is 0 Å². The van der Waals surface area contributed by atoms with Crippen molar-refractivity contribution in [1.82, 2.24) is 4.98 Å². The molecule has 0 unspecified atom stereocenters. The minimum Gasteiger partial charge on any atom is -0.457 e. The van der Waals surface area contributed by atoms with E-state index >= 15 is 0 Å². The van der Waals surface area contributed by atoms with Crippen LogP contribution in [0.5, 0.6) is 0 Å². The van der Waals surface area contributed by atoms with E-state index in [0.29, 0.717) is 34.9 Å². The van der Waals surface area contributed by atoms with E-state index in [1.807, 2.05) is 13.8 Å². The van der Waals surface area contributed by atoms with E-state index in [1.54, 1.807) is 36.4 Å². The third-order valence-electron chi connectivity index (χ3n) is 4.67. The summed E-state index contributed by atoms with van der Waals surface area (Å²) in [7, 11) is 0. The van der Waals surface area contributed by atoms with E-state index in [0.717, 1.165) is 0 Å². The number of hydrogen-bond donors (Lipinski definition) is 1. The molecule has 3 rings (SSSR count). The zero-order valence-electron chi connectivity index (χ0n) is 18.5. The molecule has 0 aliphatic heterocycles. The van der Waals surface area contributed by atoms with Gasteiger partial charge in [0.2, 0.25) is 5.91 Å². The molecule has 0 saturated carbocycles. The summed E-state index contributed by atoms with van der Waals surface area (Å²) in [5, 5.41) is 2.77. The van der Waals surface area contributed by atoms with Gasteiger partial charge >= 0.3 is 5.97 Å². The van der Waals surface area contributed by atoms with Gasteiger partial charge in [-0.05, 0) is 54.4 Å². The summed E-state index contributed by atoms with van der Waals surface area (Å²) in [4.78, 5) is 40.2. The number of carbonyl (C=O) groups is 3. The molecule has 0 aliphatic carbocycles. The fourth-order valence-corrected chi connectivity index (χ4v) is 3.01. The average molecular weight is 452 g/mol. The summed E-state index contributed by atoms with van der Waals surface area (Å²) in [5.74, 6) is -0.277. The van der Waals surface area contributed by atoms with Crippen LogP contribution in [-0.4, -0.2) is 29.3 Å². The molecule has 33 heavy (non-hydrogen) atoms. The molecule has 1 N–H and O–H groups in total. The van der Waals surface area contributed by atoms with E-state index in [9.17, 15) is 18.8 Å². The third kappa shape index (κ3) is 7.38. The standard InChI is InChI=1S/C25H25FN2O5/c1-16(2)13-23(30)28-20-9-5-17(6-10-20)21(29)15-32-25(31)12-11-24-27-14-22(33-24)18-3-7-19(26)8-4-18/h3-10,14,16H,11-13,15H2,1-2H3,(H,28,30). The normalized spacial score (nSPS) is 10.8. The largest absolute Gasteiger partial charge is 0.457 e. The number of benzene rings is 2. The van der Waals surface area contributed by atoms with E-state index in [1.165, 1.54) is 18.3 Å². The van der Waals surface area contributed by atoms with Crippen molar-refractivity contribution in [2.45, 2.75) is 33.1 Å². The van der Waals surface area contributed by atoms with E-state index < -0.39 is 5.97 Å². The number of rotatable bonds is 10. The van der Waals surface area contributed by atoms with Crippen LogP contribution in [0, 0.1) is 11.7 Å². The van der Waals surface area contributed by atoms with Crippen LogP contribution in [0.15, 0.2) is 59.1 Å². The smallest absolute Gasteiger partial charge is 0.306 e. The van der Waals surface area contributed by atoms with Gasteiger partial charge in [-0.2, -0.15) is 0 Å². The number of amides is 1. The predicted octanol–water partition coefficient (Wildman–Crippen LogP) is 4.82. The number of halogens is 1. The summed E-state index contributed by atoms with van der Waals surface area (Å²) in [6.07, 6.45) is 2.13. The molecule has 0 atom stereocenters. The molecule has 1 heterocycles. The number of esters is 1. The van der Waals surface area contributed by atoms with Gasteiger partial charge in [-0.15, -0.1) is 0 Å². The highest BCUT2D eigenvalue weighted by Crippen LogP contribution is 2.21. The quantitative estimate of drug-likeness (QED) is 0.350. The third-order valence-corrected chi connectivity index (χ3v) is 4.67. The molecule has 172 valence electrons. The van der Waals surface area contributed by atoms with Crippen LogP contribution in [0.4, 0.5) is 10.1 Å². The molecular formula is C25H25FN2O5. The van der Waals surface area contributed by atoms with Crippen LogP contribution in [0.1, 0.15) is 42.9 Å². The van der Waals surface area contributed by atoms with Crippen LogP contribution in [-0.2, 0) is 20.7 Å². The SMILES string of the molecule is CC(C)CC(=O)Nc1ccc(C(=O)COC(=O)CCc2ncc(-c3ccc(F)cc3)o2)cc1. The lowest BCUT2D eigenvalue weighted by Crippen LogP contribution is -2.15. The lowest BCUT2D eigenvalue weighted by atomic mass is 10.1. The summed E-state index contributed by atoms with van der Waals surface area (Å²) in [5.41, 5.74) is 1.65. The van der Waals surface area contributed by atoms with Crippen molar-refractivity contribution < 1.29 is 27.9 Å². The van der Waals surface area contributed by atoms with Crippen molar-refractivity contribution >= 4 is 23.3 Å². The molecule has 0 radical (unpaired) electrons. The maximum absolute atomic E-state index is 13.0. The number of ketones is 1. The van der Waals surface area contributed by atoms with E-state index in [4.69, 9.17) is 9.15 Å². The Labute approximate surface area is 191 Å². The highest BCUT2D eigenvalue weighted by Gasteiger charge is 2.13. The number of nitrogens with one attached hydrogen (secondary N) is 1. The Balaban J connectivity index is 1.43. The van der Waals surface area contributed by atoms with Crippen molar-refractivity contribution in [3.05, 3.63) is 72.0 Å². The Hall–Kier alpha value is -3.81. The molecule has 1 aromatic heterocycles. The molecular weight excluding hydrogens is 427 g/mol. The molecule has 3 aromatic rings. The molecule has 0 fully saturated rings. The molecule has 0 bridgehead atoms. The molecule has 0 saturated heterocycles. The summed E-state index contributed by atoms with van der Waals surface area (Å²) in [6.45, 7) is 3.53. The van der Waals surface area contributed by atoms with Crippen LogP contribution in [0.3, 0.4) is 0 Å². The minimum absolute atomic E-state index is 0.00251. The first kappa shape index (κ1) is 23.8. The van der Waals surface area contributed by atoms with Crippen molar-refractivity contribution in [2.75, 3.05) is 11.9 Å². The monoisotopic (exact) mass is 452 g/mol. The predicted molar refractivity (Wildman–Crippen MR) is 120 cm³/mol. The maximum Gasteiger partial charge on any atom is 0.306 e. The molecule has 0 spiro atoms. The second-order valence-electron chi connectivity index (χ2n) is 7.93. The van der Waals surface area contributed by atoms with Crippen LogP contribution < -0.4 is 5.32 Å². The summed E-state index contributed by atoms with van der Waals surface area (Å²) >= 11 is 0. The van der Waals surface area contributed by atoms with Crippen molar-refractivity contribution in [1.29, 1.82) is 0 Å². The van der Waals surface area contributed by atoms with Crippen LogP contribution >= 0.6 is 0 Å². The molecule has 7 nitrogen and oxygen atoms in total. The molecule has 1 amide bonds. The highest BCUT2D eigenvalue weighted by molar-refractivity contribution is 5.98. The first-order chi connectivity index (χ1) is 15.8. The molecule has 8 heteroatoms. The Morgan fingerprint density at radius 1 is 1.06 bits per heavy atom. The number of aryl methyl sites for hydroxylation is 1. The number of aromatic nitrogens is 1. The molecule has 2 aromatic carbocycles. The first-order valence-corrected chi connectivity index (χ1v) is 10.6. The highest BCUT2D eigenvalue weighted by atomic mass is 19.1. The van der Waals surface area contributed by atoms with Gasteiger partial charge in [-0.1, -0.05) is 13.8 Å². The van der Waals surface area contributed by atoms with Crippen molar-refractivity contribution in [2.24, 2.45) is 5.92 Å². The zero-order valence-corrected chi connectivity index (χ0v) is 18.5. The zero-order chi connectivity index (χ0) is 23.8. The summed E-state index contributed by atoms with van der Waals surface area (Å²) < 4.78 is 23.6. The fourth-order valence-electron chi connectivity index (χ4n) is 3.01. The Bertz CT molecular complexity index is 1100. The Kier molecular flexibility index (Phi) is 8.07. The molecule has 0 aliphatic rings. The Morgan fingerprint density at radius 3 is 2.42 bits per heavy atom. The maximum atomic E-state index is 13.0. The number of nitrogens with zero attached hydrogens (tertiary/aromatic N) is 1. The number of ether oxygens (including phenoxy) is 1. The lowest BCUT2D eigenvalue weighted by Gasteiger charge is -2.08. The number of oxazole rings is 1. The number of hydrogen-bond acceptors (Lipinski definition) is 6. The van der Waals surface area contributed by atoms with Crippen molar-refractivity contribution in [3.8, 4) is 11.3 Å². The lowest BCUT2D eigenvalue weighted by molar-refractivity contribution is -0.142. The van der Waals surface area contributed by atoms with Crippen LogP contribution in [0.25, 0.3) is 11.3 Å². The minimum atomic E-state index is -0.553. The first-order valence-electron chi connectivity index (χ1n) is 10.6. The van der Waals surface area contributed by atoms with Crippen molar-refractivity contribution in [3.63, 3.8) is 0 Å². The number of Topliss-reactive ketones (excluding diaryl/α,β-unsaturated/α-hetero) is 1. The second kappa shape index (κ2) is 11.2. The van der Waals surface area contributed by atoms with Gasteiger partial charge in [0.1, 0.15) is 5.82 Å². The summed E-state index contributed by atoms with van der Waals surface area (Å²) in [6, 6.07) is 12.2. The number of carbonyl (C=O) groups excluding carboxylic acids is 3. The average Bonchev–Trinajstić information content (AvgIpc) is 3.25. The van der Waals surface area contributed by atoms with Crippen LogP contribution in [0.2, 0.25) is 0 Å². The van der Waals surface area contributed by atoms with E-state index in [2.05, 4.69) is 10.3 Å². The second-order valence-corrected chi connectivity index (χ2v) is 7.93.